The van der Waals surface area contributed by atoms with Gasteiger partial charge in [0.25, 0.3) is 0 Å². The number of nitrogens with two attached hydrogens (primary N) is 1. The zero-order valence-corrected chi connectivity index (χ0v) is 17.0. The first kappa shape index (κ1) is 20.8. The van der Waals surface area contributed by atoms with Gasteiger partial charge in [-0.2, -0.15) is 5.26 Å². The van der Waals surface area contributed by atoms with Gasteiger partial charge in [0.2, 0.25) is 5.88 Å². The molecule has 1 heterocycles. The molecule has 3 N–H and O–H groups in total. The maximum atomic E-state index is 11.6. The fourth-order valence-corrected chi connectivity index (χ4v) is 3.40. The second-order valence-electron chi connectivity index (χ2n) is 7.08. The first-order chi connectivity index (χ1) is 15.6. The molecular formula is C26H19N3O3. The monoisotopic (exact) mass is 421 g/mol. The molecule has 0 saturated carbocycles. The van der Waals surface area contributed by atoms with Crippen LogP contribution in [0, 0.1) is 11.3 Å². The number of hydrogen-bond acceptors (Lipinski definition) is 5. The quantitative estimate of drug-likeness (QED) is 0.441. The fourth-order valence-electron chi connectivity index (χ4n) is 3.40. The second kappa shape index (κ2) is 9.13. The van der Waals surface area contributed by atoms with Crippen molar-refractivity contribution in [1.29, 1.82) is 5.26 Å². The predicted octanol–water partition coefficient (Wildman–Crippen LogP) is 5.24. The number of pyridine rings is 1. The van der Waals surface area contributed by atoms with E-state index < -0.39 is 5.97 Å². The lowest BCUT2D eigenvalue weighted by molar-refractivity contribution is 0.0697. The van der Waals surface area contributed by atoms with Crippen molar-refractivity contribution in [2.75, 3.05) is 0 Å². The van der Waals surface area contributed by atoms with Gasteiger partial charge in [-0.1, -0.05) is 42.5 Å². The molecule has 6 nitrogen and oxygen atoms in total. The van der Waals surface area contributed by atoms with Crippen LogP contribution in [0.2, 0.25) is 0 Å². The Hall–Kier alpha value is -4.47. The Labute approximate surface area is 185 Å². The molecule has 3 aromatic carbocycles. The molecule has 0 aliphatic carbocycles. The van der Waals surface area contributed by atoms with E-state index in [9.17, 15) is 15.2 Å². The Morgan fingerprint density at radius 1 is 0.969 bits per heavy atom. The summed E-state index contributed by atoms with van der Waals surface area (Å²) in [6.07, 6.45) is 0. The molecule has 0 aliphatic rings. The van der Waals surface area contributed by atoms with Crippen molar-refractivity contribution in [1.82, 2.24) is 4.98 Å². The van der Waals surface area contributed by atoms with Gasteiger partial charge in [-0.3, -0.25) is 0 Å². The zero-order chi connectivity index (χ0) is 22.5. The van der Waals surface area contributed by atoms with Crippen molar-refractivity contribution < 1.29 is 14.6 Å². The van der Waals surface area contributed by atoms with Crippen molar-refractivity contribution in [3.05, 3.63) is 102 Å². The van der Waals surface area contributed by atoms with Gasteiger partial charge in [0.1, 0.15) is 5.75 Å². The van der Waals surface area contributed by atoms with E-state index in [0.717, 1.165) is 16.7 Å². The summed E-state index contributed by atoms with van der Waals surface area (Å²) in [7, 11) is 0. The number of rotatable bonds is 6. The summed E-state index contributed by atoms with van der Waals surface area (Å²) >= 11 is 0. The molecule has 32 heavy (non-hydrogen) atoms. The fraction of sp³-hybridized carbons (Fsp3) is 0.0385. The molecule has 0 bridgehead atoms. The summed E-state index contributed by atoms with van der Waals surface area (Å²) in [5.41, 5.74) is 10.1. The van der Waals surface area contributed by atoms with Gasteiger partial charge >= 0.3 is 5.97 Å². The van der Waals surface area contributed by atoms with Crippen molar-refractivity contribution in [2.45, 2.75) is 6.54 Å². The average Bonchev–Trinajstić information content (AvgIpc) is 2.84. The largest absolute Gasteiger partial charge is 0.478 e. The van der Waals surface area contributed by atoms with Crippen LogP contribution in [-0.2, 0) is 6.54 Å². The molecule has 0 amide bonds. The van der Waals surface area contributed by atoms with Gasteiger partial charge in [0, 0.05) is 18.2 Å². The minimum atomic E-state index is -1.03. The number of nitrogens with zero attached hydrogens (tertiary/aromatic N) is 2. The number of carboxylic acid groups (broad SMARTS) is 1. The average molecular weight is 421 g/mol. The zero-order valence-electron chi connectivity index (χ0n) is 17.0. The molecule has 0 unspecified atom stereocenters. The number of ether oxygens (including phenoxy) is 1. The van der Waals surface area contributed by atoms with Crippen LogP contribution in [0.15, 0.2) is 84.9 Å². The molecule has 6 heteroatoms. The second-order valence-corrected chi connectivity index (χ2v) is 7.08. The summed E-state index contributed by atoms with van der Waals surface area (Å²) < 4.78 is 5.97. The third-order valence-corrected chi connectivity index (χ3v) is 4.91. The molecule has 0 saturated heterocycles. The lowest BCUT2D eigenvalue weighted by Gasteiger charge is -2.11. The molecule has 0 aliphatic heterocycles. The number of aromatic carboxylic acids is 1. The van der Waals surface area contributed by atoms with Crippen LogP contribution in [0.4, 0.5) is 0 Å². The van der Waals surface area contributed by atoms with Crippen LogP contribution >= 0.6 is 0 Å². The van der Waals surface area contributed by atoms with E-state index in [2.05, 4.69) is 11.1 Å². The molecular weight excluding hydrogens is 402 g/mol. The molecule has 0 atom stereocenters. The minimum absolute atomic E-state index is 0.158. The molecule has 0 fully saturated rings. The van der Waals surface area contributed by atoms with E-state index in [1.54, 1.807) is 48.5 Å². The van der Waals surface area contributed by atoms with Crippen LogP contribution in [0.5, 0.6) is 11.6 Å². The van der Waals surface area contributed by atoms with Crippen molar-refractivity contribution in [3.8, 4) is 40.1 Å². The lowest BCUT2D eigenvalue weighted by atomic mass is 10.0. The maximum absolute atomic E-state index is 11.6. The van der Waals surface area contributed by atoms with E-state index in [1.165, 1.54) is 6.07 Å². The number of hydrogen-bond donors (Lipinski definition) is 2. The van der Waals surface area contributed by atoms with Crippen LogP contribution in [0.25, 0.3) is 22.4 Å². The first-order valence-electron chi connectivity index (χ1n) is 9.89. The normalized spacial score (nSPS) is 10.4. The highest BCUT2D eigenvalue weighted by Crippen LogP contribution is 2.30. The smallest absolute Gasteiger partial charge is 0.336 e. The van der Waals surface area contributed by atoms with E-state index in [4.69, 9.17) is 10.5 Å². The van der Waals surface area contributed by atoms with Crippen molar-refractivity contribution in [2.24, 2.45) is 5.73 Å². The SMILES string of the molecule is N#Cc1cc(Oc2cccc(-c3ccccc3C(=O)O)n2)cc(-c2cccc(CN)c2)c1. The van der Waals surface area contributed by atoms with Gasteiger partial charge in [-0.05, 0) is 53.1 Å². The van der Waals surface area contributed by atoms with Crippen LogP contribution in [0.1, 0.15) is 21.5 Å². The Bertz CT molecular complexity index is 1340. The Morgan fingerprint density at radius 2 is 1.78 bits per heavy atom. The van der Waals surface area contributed by atoms with E-state index >= 15 is 0 Å². The van der Waals surface area contributed by atoms with Crippen molar-refractivity contribution in [3.63, 3.8) is 0 Å². The summed E-state index contributed by atoms with van der Waals surface area (Å²) in [5, 5.41) is 18.9. The summed E-state index contributed by atoms with van der Waals surface area (Å²) in [6, 6.07) is 27.0. The molecule has 156 valence electrons. The molecule has 4 aromatic rings. The molecule has 0 spiro atoms. The highest BCUT2D eigenvalue weighted by atomic mass is 16.5. The van der Waals surface area contributed by atoms with Crippen LogP contribution in [0.3, 0.4) is 0 Å². The number of nitriles is 1. The van der Waals surface area contributed by atoms with Gasteiger partial charge in [0.15, 0.2) is 0 Å². The third kappa shape index (κ3) is 4.48. The number of benzene rings is 3. The number of aromatic nitrogens is 1. The van der Waals surface area contributed by atoms with Crippen molar-refractivity contribution >= 4 is 5.97 Å². The topological polar surface area (TPSA) is 109 Å². The van der Waals surface area contributed by atoms with E-state index in [-0.39, 0.29) is 5.56 Å². The first-order valence-corrected chi connectivity index (χ1v) is 9.89. The van der Waals surface area contributed by atoms with Gasteiger partial charge in [-0.25, -0.2) is 9.78 Å². The Kier molecular flexibility index (Phi) is 5.93. The summed E-state index contributed by atoms with van der Waals surface area (Å²) in [6.45, 7) is 0.420. The molecule has 0 radical (unpaired) electrons. The highest BCUT2D eigenvalue weighted by molar-refractivity contribution is 5.95. The Morgan fingerprint density at radius 3 is 2.56 bits per heavy atom. The van der Waals surface area contributed by atoms with E-state index in [1.807, 2.05) is 30.3 Å². The molecule has 1 aromatic heterocycles. The van der Waals surface area contributed by atoms with E-state index in [0.29, 0.717) is 35.0 Å². The van der Waals surface area contributed by atoms with Gasteiger partial charge in [-0.15, -0.1) is 0 Å². The molecule has 4 rings (SSSR count). The summed E-state index contributed by atoms with van der Waals surface area (Å²) in [4.78, 5) is 16.0. The van der Waals surface area contributed by atoms with Crippen LogP contribution < -0.4 is 10.5 Å². The third-order valence-electron chi connectivity index (χ3n) is 4.91. The van der Waals surface area contributed by atoms with Gasteiger partial charge in [0.05, 0.1) is 22.9 Å². The van der Waals surface area contributed by atoms with Gasteiger partial charge < -0.3 is 15.6 Å². The standard InChI is InChI=1S/C26H19N3O3/c27-15-17-5-3-6-19(11-17)20-12-18(16-28)13-21(14-20)32-25-10-4-9-24(29-25)22-7-1-2-8-23(22)26(30)31/h1-14H,15,27H2,(H,30,31). The summed E-state index contributed by atoms with van der Waals surface area (Å²) in [5.74, 6) is -0.285. The minimum Gasteiger partial charge on any atom is -0.478 e. The lowest BCUT2D eigenvalue weighted by Crippen LogP contribution is -2.00. The number of carbonyl (C=O) groups is 1. The Balaban J connectivity index is 1.70. The predicted molar refractivity (Wildman–Crippen MR) is 121 cm³/mol. The highest BCUT2D eigenvalue weighted by Gasteiger charge is 2.13. The van der Waals surface area contributed by atoms with Crippen LogP contribution in [-0.4, -0.2) is 16.1 Å². The number of carboxylic acids is 1. The maximum Gasteiger partial charge on any atom is 0.336 e.